The molecular weight excluding hydrogens is 405 g/mol. The van der Waals surface area contributed by atoms with E-state index in [-0.39, 0.29) is 33.0 Å². The summed E-state index contributed by atoms with van der Waals surface area (Å²) < 4.78 is 0. The molecule has 0 aliphatic rings. The molecule has 12 nitrogen and oxygen atoms in total. The van der Waals surface area contributed by atoms with Gasteiger partial charge in [0.15, 0.2) is 0 Å². The summed E-state index contributed by atoms with van der Waals surface area (Å²) in [4.78, 5) is 38.5. The van der Waals surface area contributed by atoms with E-state index in [1.54, 1.807) is 0 Å². The predicted octanol–water partition coefficient (Wildman–Crippen LogP) is -9.59. The maximum absolute atomic E-state index is 9.63. The van der Waals surface area contributed by atoms with Gasteiger partial charge in [0.1, 0.15) is 24.4 Å². The van der Waals surface area contributed by atoms with Crippen molar-refractivity contribution in [1.82, 2.24) is 0 Å². The van der Waals surface area contributed by atoms with Gasteiger partial charge in [0.05, 0.1) is 23.9 Å². The molecule has 0 bridgehead atoms. The summed E-state index contributed by atoms with van der Waals surface area (Å²) in [6.45, 7) is 0. The summed E-state index contributed by atoms with van der Waals surface area (Å²) in [5.41, 5.74) is 0. The van der Waals surface area contributed by atoms with Crippen LogP contribution in [0.2, 0.25) is 0 Å². The molecule has 0 amide bonds. The van der Waals surface area contributed by atoms with Crippen LogP contribution in [0.25, 0.3) is 0 Å². The van der Waals surface area contributed by atoms with Crippen molar-refractivity contribution < 1.29 is 93.0 Å². The van der Waals surface area contributed by atoms with E-state index in [1.165, 1.54) is 0 Å². The first-order valence-electron chi connectivity index (χ1n) is 4.49. The number of carboxylic acid groups (broad SMARTS) is 4. The van der Waals surface area contributed by atoms with Crippen molar-refractivity contribution >= 4 is 23.9 Å². The van der Waals surface area contributed by atoms with Crippen LogP contribution in [-0.2, 0) is 52.2 Å². The van der Waals surface area contributed by atoms with Crippen LogP contribution in [-0.4, -0.2) is 68.7 Å². The van der Waals surface area contributed by atoms with Gasteiger partial charge in [0.2, 0.25) is 0 Å². The molecule has 4 N–H and O–H groups in total. The van der Waals surface area contributed by atoms with Crippen molar-refractivity contribution in [3.05, 3.63) is 0 Å². The summed E-state index contributed by atoms with van der Waals surface area (Å²) >= 11 is 0. The molecule has 14 heteroatoms. The Balaban J connectivity index is -0.000000135. The maximum atomic E-state index is 9.63. The zero-order chi connectivity index (χ0) is 16.6. The number of rotatable bonds is 6. The first-order chi connectivity index (χ1) is 8.93. The van der Waals surface area contributed by atoms with Crippen LogP contribution in [0, 0.1) is 0 Å². The van der Waals surface area contributed by atoms with Crippen LogP contribution in [0.1, 0.15) is 0 Å². The SMILES string of the molecule is O=C([O-])C(O)C(O)C(=O)[O-].O=C([O-])C(O)C(O)C(=O)[O-].[Ni+2].[Ni+2]. The molecule has 0 radical (unpaired) electrons. The first kappa shape index (κ1) is 28.8. The molecule has 0 aromatic heterocycles. The van der Waals surface area contributed by atoms with Crippen molar-refractivity contribution in [2.45, 2.75) is 24.4 Å². The maximum Gasteiger partial charge on any atom is 2.00 e. The molecule has 0 rings (SSSR count). The second-order valence-electron chi connectivity index (χ2n) is 3.06. The second kappa shape index (κ2) is 13.4. The van der Waals surface area contributed by atoms with Crippen LogP contribution < -0.4 is 20.4 Å². The molecule has 0 aliphatic heterocycles. The molecule has 22 heavy (non-hydrogen) atoms. The molecule has 0 fully saturated rings. The predicted molar refractivity (Wildman–Crippen MR) is 44.1 cm³/mol. The van der Waals surface area contributed by atoms with Crippen molar-refractivity contribution in [1.29, 1.82) is 0 Å². The van der Waals surface area contributed by atoms with E-state index in [0.717, 1.165) is 0 Å². The molecule has 0 aromatic carbocycles. The van der Waals surface area contributed by atoms with Gasteiger partial charge in [0, 0.05) is 0 Å². The van der Waals surface area contributed by atoms with E-state index in [2.05, 4.69) is 0 Å². The number of hydrogen-bond donors (Lipinski definition) is 4. The molecule has 0 heterocycles. The Labute approximate surface area is 141 Å². The van der Waals surface area contributed by atoms with E-state index >= 15 is 0 Å². The fraction of sp³-hybridized carbons (Fsp3) is 0.500. The van der Waals surface area contributed by atoms with Gasteiger partial charge in [-0.1, -0.05) is 0 Å². The Kier molecular flexibility index (Phi) is 17.5. The Morgan fingerprint density at radius 3 is 0.636 bits per heavy atom. The van der Waals surface area contributed by atoms with E-state index in [0.29, 0.717) is 0 Å². The van der Waals surface area contributed by atoms with Gasteiger partial charge < -0.3 is 60.0 Å². The third-order valence-electron chi connectivity index (χ3n) is 1.56. The number of carbonyl (C=O) groups is 4. The minimum atomic E-state index is -2.44. The monoisotopic (exact) mass is 412 g/mol. The Morgan fingerprint density at radius 2 is 0.591 bits per heavy atom. The molecule has 0 saturated carbocycles. The van der Waals surface area contributed by atoms with E-state index < -0.39 is 48.3 Å². The van der Waals surface area contributed by atoms with Gasteiger partial charge in [-0.25, -0.2) is 0 Å². The molecule has 0 aromatic rings. The number of carboxylic acids is 4. The molecule has 4 unspecified atom stereocenters. The van der Waals surface area contributed by atoms with E-state index in [1.807, 2.05) is 0 Å². The van der Waals surface area contributed by atoms with Crippen molar-refractivity contribution in [3.8, 4) is 0 Å². The Hall–Kier alpha value is -1.29. The Morgan fingerprint density at radius 1 is 0.500 bits per heavy atom. The molecule has 0 aliphatic carbocycles. The number of aliphatic hydroxyl groups excluding tert-OH is 4. The molecule has 4 atom stereocenters. The summed E-state index contributed by atoms with van der Waals surface area (Å²) in [6.07, 6.45) is -9.76. The first-order valence-corrected chi connectivity index (χ1v) is 4.49. The average Bonchev–Trinajstić information content (AvgIpc) is 2.35. The molecule has 0 saturated heterocycles. The summed E-state index contributed by atoms with van der Waals surface area (Å²) in [5, 5.41) is 71.5. The number of aliphatic hydroxyl groups is 4. The molecule has 0 spiro atoms. The molecular formula is C8H8Ni2O12. The smallest absolute Gasteiger partial charge is 0.547 e. The van der Waals surface area contributed by atoms with Crippen LogP contribution in [0.3, 0.4) is 0 Å². The van der Waals surface area contributed by atoms with Gasteiger partial charge >= 0.3 is 33.0 Å². The summed E-state index contributed by atoms with van der Waals surface area (Å²) in [7, 11) is 0. The quantitative estimate of drug-likeness (QED) is 0.296. The van der Waals surface area contributed by atoms with Gasteiger partial charge in [-0.3, -0.25) is 0 Å². The van der Waals surface area contributed by atoms with Gasteiger partial charge in [-0.05, 0) is 0 Å². The van der Waals surface area contributed by atoms with Crippen LogP contribution in [0.5, 0.6) is 0 Å². The van der Waals surface area contributed by atoms with Crippen LogP contribution >= 0.6 is 0 Å². The largest absolute Gasteiger partial charge is 2.00 e. The summed E-state index contributed by atoms with van der Waals surface area (Å²) in [5.74, 6) is -8.23. The van der Waals surface area contributed by atoms with Gasteiger partial charge in [0.25, 0.3) is 0 Å². The van der Waals surface area contributed by atoms with Crippen molar-refractivity contribution in [3.63, 3.8) is 0 Å². The minimum absolute atomic E-state index is 0. The van der Waals surface area contributed by atoms with Crippen LogP contribution in [0.4, 0.5) is 0 Å². The van der Waals surface area contributed by atoms with Crippen LogP contribution in [0.15, 0.2) is 0 Å². The number of hydrogen-bond acceptors (Lipinski definition) is 12. The van der Waals surface area contributed by atoms with Gasteiger partial charge in [-0.2, -0.15) is 0 Å². The van der Waals surface area contributed by atoms with Crippen molar-refractivity contribution in [2.75, 3.05) is 0 Å². The fourth-order valence-electron chi connectivity index (χ4n) is 0.516. The Bertz CT molecular complexity index is 313. The third-order valence-corrected chi connectivity index (χ3v) is 1.56. The average molecular weight is 414 g/mol. The van der Waals surface area contributed by atoms with Crippen molar-refractivity contribution in [2.24, 2.45) is 0 Å². The van der Waals surface area contributed by atoms with Gasteiger partial charge in [-0.15, -0.1) is 0 Å². The van der Waals surface area contributed by atoms with E-state index in [9.17, 15) is 39.6 Å². The normalized spacial score (nSPS) is 14.4. The summed E-state index contributed by atoms with van der Waals surface area (Å²) in [6, 6.07) is 0. The molecule has 132 valence electrons. The third kappa shape index (κ3) is 11.4. The number of carbonyl (C=O) groups excluding carboxylic acids is 4. The number of aliphatic carboxylic acids is 4. The fourth-order valence-corrected chi connectivity index (χ4v) is 0.516. The standard InChI is InChI=1S/2C4H6O6.2Ni/c2*5-1(3(7)8)2(6)4(9)10;;/h2*1-2,5-6H,(H,7,8)(H,9,10);;/q;;2*+2/p-4. The minimum Gasteiger partial charge on any atom is -0.547 e. The zero-order valence-electron chi connectivity index (χ0n) is 10.00. The topological polar surface area (TPSA) is 241 Å². The second-order valence-corrected chi connectivity index (χ2v) is 3.06. The zero-order valence-corrected chi connectivity index (χ0v) is 12.0. The van der Waals surface area contributed by atoms with E-state index in [4.69, 9.17) is 20.4 Å².